The first kappa shape index (κ1) is 13.4. The third-order valence-electron chi connectivity index (χ3n) is 4.86. The quantitative estimate of drug-likeness (QED) is 0.819. The van der Waals surface area contributed by atoms with Gasteiger partial charge in [-0.1, -0.05) is 37.6 Å². The van der Waals surface area contributed by atoms with Crippen molar-refractivity contribution in [1.29, 1.82) is 0 Å². The largest absolute Gasteiger partial charge is 0.334 e. The van der Waals surface area contributed by atoms with Crippen molar-refractivity contribution in [2.75, 3.05) is 4.90 Å². The van der Waals surface area contributed by atoms with Gasteiger partial charge in [-0.05, 0) is 44.7 Å². The SMILES string of the molecule is C=C1N(C(CCC)C(C)=O)c2ccc(C)cc2C12CC2. The summed E-state index contributed by atoms with van der Waals surface area (Å²) in [5.41, 5.74) is 5.19. The number of nitrogens with zero attached hydrogens (tertiary/aromatic N) is 1. The molecule has 3 rings (SSSR count). The number of ketones is 1. The Morgan fingerprint density at radius 2 is 2.15 bits per heavy atom. The molecular formula is C18H23NO. The van der Waals surface area contributed by atoms with Crippen LogP contribution in [0.2, 0.25) is 0 Å². The lowest BCUT2D eigenvalue weighted by molar-refractivity contribution is -0.118. The van der Waals surface area contributed by atoms with Gasteiger partial charge in [-0.2, -0.15) is 0 Å². The van der Waals surface area contributed by atoms with Crippen LogP contribution >= 0.6 is 0 Å². The van der Waals surface area contributed by atoms with E-state index in [2.05, 4.69) is 43.5 Å². The standard InChI is InChI=1S/C18H23NO/c1-5-6-16(13(3)20)19-14(4)18(9-10-18)15-11-12(2)7-8-17(15)19/h7-8,11,16H,4-6,9-10H2,1-3H3. The molecule has 2 aliphatic rings. The van der Waals surface area contributed by atoms with Crippen molar-refractivity contribution in [3.63, 3.8) is 0 Å². The normalized spacial score (nSPS) is 20.1. The van der Waals surface area contributed by atoms with E-state index >= 15 is 0 Å². The highest BCUT2D eigenvalue weighted by Gasteiger charge is 2.56. The Bertz CT molecular complexity index is 583. The van der Waals surface area contributed by atoms with E-state index in [1.165, 1.54) is 29.7 Å². The van der Waals surface area contributed by atoms with E-state index in [-0.39, 0.29) is 17.2 Å². The fourth-order valence-corrected chi connectivity index (χ4v) is 3.60. The van der Waals surface area contributed by atoms with Crippen LogP contribution in [0, 0.1) is 6.92 Å². The molecule has 1 aliphatic heterocycles. The maximum atomic E-state index is 12.1. The molecular weight excluding hydrogens is 246 g/mol. The van der Waals surface area contributed by atoms with Crippen LogP contribution in [-0.4, -0.2) is 11.8 Å². The van der Waals surface area contributed by atoms with Gasteiger partial charge < -0.3 is 4.90 Å². The Labute approximate surface area is 121 Å². The van der Waals surface area contributed by atoms with E-state index in [0.717, 1.165) is 18.5 Å². The van der Waals surface area contributed by atoms with Gasteiger partial charge in [0, 0.05) is 16.8 Å². The fourth-order valence-electron chi connectivity index (χ4n) is 3.60. The summed E-state index contributed by atoms with van der Waals surface area (Å²) in [6.45, 7) is 10.3. The molecule has 20 heavy (non-hydrogen) atoms. The van der Waals surface area contributed by atoms with Crippen molar-refractivity contribution < 1.29 is 4.79 Å². The van der Waals surface area contributed by atoms with Crippen LogP contribution in [-0.2, 0) is 10.2 Å². The highest BCUT2D eigenvalue weighted by atomic mass is 16.1. The summed E-state index contributed by atoms with van der Waals surface area (Å²) in [4.78, 5) is 14.3. The predicted molar refractivity (Wildman–Crippen MR) is 83.1 cm³/mol. The van der Waals surface area contributed by atoms with Gasteiger partial charge in [0.2, 0.25) is 0 Å². The van der Waals surface area contributed by atoms with Crippen molar-refractivity contribution in [1.82, 2.24) is 0 Å². The number of hydrogen-bond donors (Lipinski definition) is 0. The molecule has 1 atom stereocenters. The lowest BCUT2D eigenvalue weighted by atomic mass is 9.95. The van der Waals surface area contributed by atoms with Gasteiger partial charge >= 0.3 is 0 Å². The first-order valence-electron chi connectivity index (χ1n) is 7.61. The van der Waals surface area contributed by atoms with Crippen molar-refractivity contribution in [3.8, 4) is 0 Å². The van der Waals surface area contributed by atoms with Crippen LogP contribution in [0.15, 0.2) is 30.5 Å². The van der Waals surface area contributed by atoms with E-state index in [0.29, 0.717) is 0 Å². The molecule has 1 heterocycles. The Morgan fingerprint density at radius 1 is 1.45 bits per heavy atom. The Balaban J connectivity index is 2.09. The smallest absolute Gasteiger partial charge is 0.152 e. The number of Topliss-reactive ketones (excluding diaryl/α,β-unsaturated/α-hetero) is 1. The molecule has 1 fully saturated rings. The van der Waals surface area contributed by atoms with Gasteiger partial charge in [-0.3, -0.25) is 4.79 Å². The van der Waals surface area contributed by atoms with Crippen LogP contribution in [0.5, 0.6) is 0 Å². The minimum Gasteiger partial charge on any atom is -0.334 e. The number of aryl methyl sites for hydroxylation is 1. The highest BCUT2D eigenvalue weighted by Crippen LogP contribution is 2.62. The molecule has 1 spiro atoms. The monoisotopic (exact) mass is 269 g/mol. The van der Waals surface area contributed by atoms with Crippen LogP contribution in [0.1, 0.15) is 50.7 Å². The molecule has 0 aromatic heterocycles. The zero-order valence-electron chi connectivity index (χ0n) is 12.7. The summed E-state index contributed by atoms with van der Waals surface area (Å²) in [6, 6.07) is 6.56. The molecule has 106 valence electrons. The molecule has 1 aromatic rings. The zero-order chi connectivity index (χ0) is 14.5. The number of anilines is 1. The van der Waals surface area contributed by atoms with Gasteiger partial charge in [-0.15, -0.1) is 0 Å². The Kier molecular flexibility index (Phi) is 3.00. The molecule has 1 unspecified atom stereocenters. The lowest BCUT2D eigenvalue weighted by Gasteiger charge is -2.30. The third-order valence-corrected chi connectivity index (χ3v) is 4.86. The average molecular weight is 269 g/mol. The molecule has 1 aliphatic carbocycles. The molecule has 1 aromatic carbocycles. The number of carbonyl (C=O) groups excluding carboxylic acids is 1. The van der Waals surface area contributed by atoms with E-state index in [4.69, 9.17) is 0 Å². The summed E-state index contributed by atoms with van der Waals surface area (Å²) in [5, 5.41) is 0. The molecule has 0 saturated heterocycles. The maximum absolute atomic E-state index is 12.1. The second-order valence-electron chi connectivity index (χ2n) is 6.33. The van der Waals surface area contributed by atoms with Gasteiger partial charge in [0.1, 0.15) is 0 Å². The molecule has 0 radical (unpaired) electrons. The number of hydrogen-bond acceptors (Lipinski definition) is 2. The molecule has 2 heteroatoms. The highest BCUT2D eigenvalue weighted by molar-refractivity contribution is 5.89. The number of fused-ring (bicyclic) bond motifs is 2. The Hall–Kier alpha value is -1.57. The lowest BCUT2D eigenvalue weighted by Crippen LogP contribution is -2.38. The topological polar surface area (TPSA) is 20.3 Å². The summed E-state index contributed by atoms with van der Waals surface area (Å²) >= 11 is 0. The van der Waals surface area contributed by atoms with Crippen molar-refractivity contribution in [3.05, 3.63) is 41.6 Å². The molecule has 2 nitrogen and oxygen atoms in total. The van der Waals surface area contributed by atoms with E-state index < -0.39 is 0 Å². The van der Waals surface area contributed by atoms with Gasteiger partial charge in [-0.25, -0.2) is 0 Å². The number of carbonyl (C=O) groups is 1. The first-order chi connectivity index (χ1) is 9.51. The second-order valence-corrected chi connectivity index (χ2v) is 6.33. The summed E-state index contributed by atoms with van der Waals surface area (Å²) in [5.74, 6) is 0.247. The second kappa shape index (κ2) is 4.47. The minimum absolute atomic E-state index is 0.0473. The fraction of sp³-hybridized carbons (Fsp3) is 0.500. The zero-order valence-corrected chi connectivity index (χ0v) is 12.7. The van der Waals surface area contributed by atoms with Gasteiger partial charge in [0.15, 0.2) is 5.78 Å². The number of rotatable bonds is 4. The van der Waals surface area contributed by atoms with E-state index in [1.54, 1.807) is 6.92 Å². The van der Waals surface area contributed by atoms with Gasteiger partial charge in [0.25, 0.3) is 0 Å². The number of benzene rings is 1. The Morgan fingerprint density at radius 3 is 2.70 bits per heavy atom. The van der Waals surface area contributed by atoms with Crippen LogP contribution in [0.3, 0.4) is 0 Å². The number of allylic oxidation sites excluding steroid dienone is 1. The summed E-state index contributed by atoms with van der Waals surface area (Å²) in [7, 11) is 0. The van der Waals surface area contributed by atoms with Crippen LogP contribution in [0.25, 0.3) is 0 Å². The average Bonchev–Trinajstić information content (AvgIpc) is 3.16. The molecule has 0 amide bonds. The van der Waals surface area contributed by atoms with Crippen molar-refractivity contribution in [2.45, 2.75) is 57.9 Å². The first-order valence-corrected chi connectivity index (χ1v) is 7.61. The summed E-state index contributed by atoms with van der Waals surface area (Å²) in [6.07, 6.45) is 4.27. The van der Waals surface area contributed by atoms with E-state index in [1.807, 2.05) is 0 Å². The van der Waals surface area contributed by atoms with Crippen molar-refractivity contribution >= 4 is 11.5 Å². The minimum atomic E-state index is -0.0473. The predicted octanol–water partition coefficient (Wildman–Crippen LogP) is 4.12. The van der Waals surface area contributed by atoms with Crippen molar-refractivity contribution in [2.24, 2.45) is 0 Å². The van der Waals surface area contributed by atoms with E-state index in [9.17, 15) is 4.79 Å². The van der Waals surface area contributed by atoms with Gasteiger partial charge in [0.05, 0.1) is 6.04 Å². The van der Waals surface area contributed by atoms with Crippen LogP contribution < -0.4 is 4.90 Å². The maximum Gasteiger partial charge on any atom is 0.152 e. The summed E-state index contributed by atoms with van der Waals surface area (Å²) < 4.78 is 0. The van der Waals surface area contributed by atoms with Crippen LogP contribution in [0.4, 0.5) is 5.69 Å². The third kappa shape index (κ3) is 1.74. The molecule has 0 bridgehead atoms. The molecule has 1 saturated carbocycles. The molecule has 0 N–H and O–H groups in total.